The van der Waals surface area contributed by atoms with E-state index in [4.69, 9.17) is 4.74 Å². The number of ether oxygens (including phenoxy) is 1. The van der Waals surface area contributed by atoms with Crippen LogP contribution in [-0.2, 0) is 4.74 Å². The summed E-state index contributed by atoms with van der Waals surface area (Å²) in [4.78, 5) is 10.6. The van der Waals surface area contributed by atoms with Gasteiger partial charge in [-0.1, -0.05) is 15.9 Å². The summed E-state index contributed by atoms with van der Waals surface area (Å²) < 4.78 is 6.19. The molecule has 52 valence electrons. The lowest BCUT2D eigenvalue weighted by Crippen LogP contribution is -2.13. The van der Waals surface area contributed by atoms with Crippen molar-refractivity contribution in [2.24, 2.45) is 0 Å². The van der Waals surface area contributed by atoms with E-state index in [2.05, 4.69) is 32.1 Å². The molecule has 5 heteroatoms. The number of hydrogen-bond acceptors (Lipinski definition) is 2. The smallest absolute Gasteiger partial charge is 0.420 e. The van der Waals surface area contributed by atoms with Crippen molar-refractivity contribution in [3.05, 3.63) is 0 Å². The van der Waals surface area contributed by atoms with Gasteiger partial charge in [-0.2, -0.15) is 0 Å². The molecule has 1 atom stereocenters. The quantitative estimate of drug-likeness (QED) is 0.527. The SMILES string of the molecule is O=C1OC(CBr)CN1Br. The molecule has 0 N–H and O–H groups in total. The normalized spacial score (nSPS) is 26.7. The monoisotopic (exact) mass is 257 g/mol. The summed E-state index contributed by atoms with van der Waals surface area (Å²) >= 11 is 6.23. The first-order valence-electron chi connectivity index (χ1n) is 2.44. The second kappa shape index (κ2) is 2.88. The lowest BCUT2D eigenvalue weighted by molar-refractivity contribution is 0.147. The molecule has 1 aliphatic heterocycles. The predicted octanol–water partition coefficient (Wildman–Crippen LogP) is 1.51. The molecule has 0 aromatic heterocycles. The highest BCUT2D eigenvalue weighted by molar-refractivity contribution is 9.09. The van der Waals surface area contributed by atoms with Crippen molar-refractivity contribution < 1.29 is 9.53 Å². The molecule has 0 aromatic rings. The summed E-state index contributed by atoms with van der Waals surface area (Å²) in [5.41, 5.74) is 0. The Hall–Kier alpha value is 0.230. The van der Waals surface area contributed by atoms with Crippen LogP contribution in [0.5, 0.6) is 0 Å². The molecule has 1 rings (SSSR count). The van der Waals surface area contributed by atoms with Gasteiger partial charge in [-0.3, -0.25) is 0 Å². The summed E-state index contributed by atoms with van der Waals surface area (Å²) in [6.07, 6.45) is -0.309. The molecule has 1 saturated heterocycles. The highest BCUT2D eigenvalue weighted by Gasteiger charge is 2.28. The molecular formula is C4H5Br2NO2. The van der Waals surface area contributed by atoms with Crippen LogP contribution in [0.3, 0.4) is 0 Å². The predicted molar refractivity (Wildman–Crippen MR) is 39.7 cm³/mol. The second-order valence-electron chi connectivity index (χ2n) is 1.70. The number of alkyl halides is 1. The van der Waals surface area contributed by atoms with Crippen LogP contribution >= 0.6 is 32.1 Å². The van der Waals surface area contributed by atoms with Crippen molar-refractivity contribution in [3.8, 4) is 0 Å². The van der Waals surface area contributed by atoms with Crippen LogP contribution in [0.1, 0.15) is 0 Å². The third kappa shape index (κ3) is 1.58. The Morgan fingerprint density at radius 2 is 2.56 bits per heavy atom. The second-order valence-corrected chi connectivity index (χ2v) is 3.21. The van der Waals surface area contributed by atoms with Crippen LogP contribution in [0.2, 0.25) is 0 Å². The number of carbonyl (C=O) groups excluding carboxylic acids is 1. The molecule has 9 heavy (non-hydrogen) atoms. The zero-order valence-electron chi connectivity index (χ0n) is 4.51. The van der Waals surface area contributed by atoms with Crippen LogP contribution < -0.4 is 0 Å². The van der Waals surface area contributed by atoms with Crippen molar-refractivity contribution in [3.63, 3.8) is 0 Å². The zero-order valence-corrected chi connectivity index (χ0v) is 7.68. The van der Waals surface area contributed by atoms with Crippen LogP contribution in [0, 0.1) is 0 Å². The lowest BCUT2D eigenvalue weighted by Gasteiger charge is -1.98. The largest absolute Gasteiger partial charge is 0.443 e. The fourth-order valence-electron chi connectivity index (χ4n) is 0.571. The van der Waals surface area contributed by atoms with E-state index in [0.717, 1.165) is 0 Å². The number of halogens is 2. The minimum Gasteiger partial charge on any atom is -0.443 e. The number of amides is 1. The summed E-state index contributed by atoms with van der Waals surface area (Å²) in [5.74, 6) is 0. The van der Waals surface area contributed by atoms with Gasteiger partial charge < -0.3 is 4.74 Å². The lowest BCUT2D eigenvalue weighted by atomic mass is 10.4. The topological polar surface area (TPSA) is 29.5 Å². The Morgan fingerprint density at radius 1 is 1.89 bits per heavy atom. The number of carbonyl (C=O) groups is 1. The molecule has 0 bridgehead atoms. The summed E-state index contributed by atoms with van der Waals surface area (Å²) in [6.45, 7) is 0.615. The van der Waals surface area contributed by atoms with E-state index >= 15 is 0 Å². The van der Waals surface area contributed by atoms with Crippen LogP contribution in [-0.4, -0.2) is 28.0 Å². The van der Waals surface area contributed by atoms with Gasteiger partial charge in [0.15, 0.2) is 0 Å². The van der Waals surface area contributed by atoms with E-state index < -0.39 is 0 Å². The molecule has 3 nitrogen and oxygen atoms in total. The average Bonchev–Trinajstić information content (AvgIpc) is 2.13. The maximum Gasteiger partial charge on any atom is 0.420 e. The Morgan fingerprint density at radius 3 is 2.78 bits per heavy atom. The van der Waals surface area contributed by atoms with Crippen molar-refractivity contribution in [1.82, 2.24) is 3.93 Å². The fraction of sp³-hybridized carbons (Fsp3) is 0.750. The van der Waals surface area contributed by atoms with Gasteiger partial charge in [0.1, 0.15) is 6.10 Å². The van der Waals surface area contributed by atoms with E-state index in [0.29, 0.717) is 11.9 Å². The molecular weight excluding hydrogens is 254 g/mol. The fourth-order valence-corrected chi connectivity index (χ4v) is 1.31. The van der Waals surface area contributed by atoms with E-state index in [9.17, 15) is 4.79 Å². The molecule has 0 aromatic carbocycles. The van der Waals surface area contributed by atoms with Crippen LogP contribution in [0.15, 0.2) is 0 Å². The third-order valence-corrected chi connectivity index (χ3v) is 2.30. The highest BCUT2D eigenvalue weighted by atomic mass is 79.9. The van der Waals surface area contributed by atoms with E-state index in [1.165, 1.54) is 3.93 Å². The Labute approximate surface area is 69.8 Å². The molecule has 1 aliphatic rings. The Bertz CT molecular complexity index is 130. The van der Waals surface area contributed by atoms with Gasteiger partial charge in [-0.05, 0) is 0 Å². The van der Waals surface area contributed by atoms with Crippen LogP contribution in [0.4, 0.5) is 4.79 Å². The van der Waals surface area contributed by atoms with Crippen molar-refractivity contribution >= 4 is 38.2 Å². The van der Waals surface area contributed by atoms with Gasteiger partial charge in [-0.25, -0.2) is 8.72 Å². The molecule has 0 saturated carbocycles. The highest BCUT2D eigenvalue weighted by Crippen LogP contribution is 2.15. The van der Waals surface area contributed by atoms with Gasteiger partial charge >= 0.3 is 6.09 Å². The number of cyclic esters (lactones) is 1. The maximum absolute atomic E-state index is 10.6. The van der Waals surface area contributed by atoms with Crippen molar-refractivity contribution in [2.75, 3.05) is 11.9 Å². The van der Waals surface area contributed by atoms with E-state index in [-0.39, 0.29) is 12.2 Å². The van der Waals surface area contributed by atoms with E-state index in [1.807, 2.05) is 0 Å². The van der Waals surface area contributed by atoms with Gasteiger partial charge in [0.25, 0.3) is 0 Å². The first-order valence-corrected chi connectivity index (χ1v) is 4.27. The molecule has 0 radical (unpaired) electrons. The molecule has 0 aliphatic carbocycles. The molecule has 1 heterocycles. The molecule has 1 amide bonds. The molecule has 1 fully saturated rings. The van der Waals surface area contributed by atoms with Crippen molar-refractivity contribution in [2.45, 2.75) is 6.10 Å². The zero-order chi connectivity index (χ0) is 6.85. The maximum atomic E-state index is 10.6. The first kappa shape index (κ1) is 7.34. The third-order valence-electron chi connectivity index (χ3n) is 1.00. The van der Waals surface area contributed by atoms with Gasteiger partial charge in [0.2, 0.25) is 0 Å². The summed E-state index contributed by atoms with van der Waals surface area (Å²) in [7, 11) is 0. The molecule has 1 unspecified atom stereocenters. The van der Waals surface area contributed by atoms with Gasteiger partial charge in [-0.15, -0.1) is 0 Å². The first-order chi connectivity index (χ1) is 4.24. The van der Waals surface area contributed by atoms with Gasteiger partial charge in [0.05, 0.1) is 22.7 Å². The van der Waals surface area contributed by atoms with Crippen molar-refractivity contribution in [1.29, 1.82) is 0 Å². The Balaban J connectivity index is 2.44. The Kier molecular flexibility index (Phi) is 2.35. The minimum atomic E-state index is -0.306. The number of nitrogens with zero attached hydrogens (tertiary/aromatic N) is 1. The van der Waals surface area contributed by atoms with Crippen LogP contribution in [0.25, 0.3) is 0 Å². The standard InChI is InChI=1S/C4H5Br2NO2/c5-1-3-2-7(6)4(8)9-3/h3H,1-2H2. The number of hydrogen-bond donors (Lipinski definition) is 0. The summed E-state index contributed by atoms with van der Waals surface area (Å²) in [6, 6.07) is 0. The van der Waals surface area contributed by atoms with E-state index in [1.54, 1.807) is 0 Å². The summed E-state index contributed by atoms with van der Waals surface area (Å²) in [5, 5.41) is 0.695. The average molecular weight is 259 g/mol. The number of rotatable bonds is 1. The molecule has 0 spiro atoms. The minimum absolute atomic E-state index is 0.00289. The van der Waals surface area contributed by atoms with Gasteiger partial charge in [0, 0.05) is 5.33 Å².